The van der Waals surface area contributed by atoms with E-state index in [0.717, 1.165) is 45.4 Å². The molecule has 32 heavy (non-hydrogen) atoms. The molecule has 0 amide bonds. The lowest BCUT2D eigenvalue weighted by Crippen LogP contribution is -2.17. The van der Waals surface area contributed by atoms with Crippen LogP contribution in [0.5, 0.6) is 0 Å². The molecule has 0 fully saturated rings. The van der Waals surface area contributed by atoms with Crippen molar-refractivity contribution in [1.29, 1.82) is 0 Å². The number of H-pyrrole nitrogens is 1. The van der Waals surface area contributed by atoms with Crippen LogP contribution in [0.1, 0.15) is 34.7 Å². The lowest BCUT2D eigenvalue weighted by atomic mass is 9.75. The first-order chi connectivity index (χ1) is 15.6. The number of aromatic nitrogens is 1. The van der Waals surface area contributed by atoms with Gasteiger partial charge in [0.1, 0.15) is 0 Å². The molecule has 1 atom stereocenters. The van der Waals surface area contributed by atoms with Crippen LogP contribution in [0.2, 0.25) is 0 Å². The van der Waals surface area contributed by atoms with Crippen molar-refractivity contribution in [2.24, 2.45) is 0 Å². The second-order valence-corrected chi connectivity index (χ2v) is 8.42. The van der Waals surface area contributed by atoms with E-state index in [4.69, 9.17) is 4.74 Å². The van der Waals surface area contributed by atoms with E-state index in [1.54, 1.807) is 0 Å². The van der Waals surface area contributed by atoms with Crippen LogP contribution in [0, 0.1) is 0 Å². The zero-order valence-corrected chi connectivity index (χ0v) is 18.6. The van der Waals surface area contributed by atoms with E-state index in [0.29, 0.717) is 5.57 Å². The highest BCUT2D eigenvalue weighted by molar-refractivity contribution is 6.26. The first kappa shape index (κ1) is 20.1. The van der Waals surface area contributed by atoms with Gasteiger partial charge in [0, 0.05) is 36.6 Å². The minimum atomic E-state index is -0.309. The third-order valence-corrected chi connectivity index (χ3v) is 6.36. The van der Waals surface area contributed by atoms with Gasteiger partial charge in [-0.15, -0.1) is 0 Å². The average Bonchev–Trinajstić information content (AvgIpc) is 3.22. The summed E-state index contributed by atoms with van der Waals surface area (Å²) in [7, 11) is 5.54. The number of carbonyl (C=O) groups is 1. The summed E-state index contributed by atoms with van der Waals surface area (Å²) in [5.74, 6) is -0.183. The van der Waals surface area contributed by atoms with Crippen molar-refractivity contribution >= 4 is 33.7 Å². The molecule has 160 valence electrons. The van der Waals surface area contributed by atoms with Gasteiger partial charge in [0.05, 0.1) is 18.4 Å². The summed E-state index contributed by atoms with van der Waals surface area (Å²) in [6.45, 7) is 0. The fourth-order valence-corrected chi connectivity index (χ4v) is 4.80. The molecule has 1 aliphatic rings. The van der Waals surface area contributed by atoms with E-state index in [2.05, 4.69) is 64.5 Å². The summed E-state index contributed by atoms with van der Waals surface area (Å²) >= 11 is 0. The van der Waals surface area contributed by atoms with Gasteiger partial charge >= 0.3 is 5.97 Å². The van der Waals surface area contributed by atoms with Crippen LogP contribution in [-0.4, -0.2) is 32.2 Å². The number of fused-ring (bicyclic) bond motifs is 3. The van der Waals surface area contributed by atoms with Gasteiger partial charge in [-0.05, 0) is 46.9 Å². The standard InChI is InChI=1S/C28H26N2O2/c1-30(2)20-14-15-24-23(16-20)25-21(18-10-6-4-7-11-18)17-22(19-12-8-5-9-13-19)26(27(25)29-24)28(31)32-3/h4-16,21,29H,17H2,1-3H3. The van der Waals surface area contributed by atoms with Gasteiger partial charge in [-0.3, -0.25) is 0 Å². The Kier molecular flexibility index (Phi) is 5.06. The second-order valence-electron chi connectivity index (χ2n) is 8.42. The van der Waals surface area contributed by atoms with Crippen LogP contribution in [-0.2, 0) is 9.53 Å². The largest absolute Gasteiger partial charge is 0.465 e. The highest BCUT2D eigenvalue weighted by Gasteiger charge is 2.35. The summed E-state index contributed by atoms with van der Waals surface area (Å²) in [5.41, 5.74) is 8.11. The maximum atomic E-state index is 13.1. The van der Waals surface area contributed by atoms with Gasteiger partial charge in [-0.25, -0.2) is 4.79 Å². The predicted octanol–water partition coefficient (Wildman–Crippen LogP) is 5.85. The lowest BCUT2D eigenvalue weighted by molar-refractivity contribution is -0.133. The molecule has 4 nitrogen and oxygen atoms in total. The molecule has 1 heterocycles. The van der Waals surface area contributed by atoms with Gasteiger partial charge in [0.25, 0.3) is 0 Å². The number of hydrogen-bond donors (Lipinski definition) is 1. The van der Waals surface area contributed by atoms with E-state index in [9.17, 15) is 4.79 Å². The molecule has 1 unspecified atom stereocenters. The smallest absolute Gasteiger partial charge is 0.340 e. The van der Waals surface area contributed by atoms with Gasteiger partial charge in [0.2, 0.25) is 0 Å². The third kappa shape index (κ3) is 3.28. The Morgan fingerprint density at radius 1 is 0.969 bits per heavy atom. The van der Waals surface area contributed by atoms with Crippen molar-refractivity contribution in [2.75, 3.05) is 26.1 Å². The molecule has 1 aliphatic carbocycles. The molecule has 0 radical (unpaired) electrons. The molecule has 0 saturated carbocycles. The molecule has 4 heteroatoms. The van der Waals surface area contributed by atoms with E-state index in [1.807, 2.05) is 38.4 Å². The number of benzene rings is 3. The number of ether oxygens (including phenoxy) is 1. The number of hydrogen-bond acceptors (Lipinski definition) is 3. The molecular formula is C28H26N2O2. The van der Waals surface area contributed by atoms with Crippen molar-refractivity contribution in [3.8, 4) is 0 Å². The van der Waals surface area contributed by atoms with Crippen molar-refractivity contribution < 1.29 is 9.53 Å². The summed E-state index contributed by atoms with van der Waals surface area (Å²) in [5, 5.41) is 1.15. The number of allylic oxidation sites excluding steroid dienone is 1. The topological polar surface area (TPSA) is 45.3 Å². The first-order valence-corrected chi connectivity index (χ1v) is 10.8. The maximum absolute atomic E-state index is 13.1. The van der Waals surface area contributed by atoms with Gasteiger partial charge in [-0.2, -0.15) is 0 Å². The number of nitrogens with zero attached hydrogens (tertiary/aromatic N) is 1. The monoisotopic (exact) mass is 422 g/mol. The third-order valence-electron chi connectivity index (χ3n) is 6.36. The number of nitrogens with one attached hydrogen (secondary N) is 1. The summed E-state index contributed by atoms with van der Waals surface area (Å²) in [6, 6.07) is 27.1. The molecular weight excluding hydrogens is 396 g/mol. The van der Waals surface area contributed by atoms with Crippen LogP contribution < -0.4 is 4.90 Å². The summed E-state index contributed by atoms with van der Waals surface area (Å²) < 4.78 is 5.27. The lowest BCUT2D eigenvalue weighted by Gasteiger charge is -2.28. The van der Waals surface area contributed by atoms with Crippen LogP contribution in [0.4, 0.5) is 5.69 Å². The van der Waals surface area contributed by atoms with Crippen molar-refractivity contribution in [2.45, 2.75) is 12.3 Å². The Morgan fingerprint density at radius 3 is 2.31 bits per heavy atom. The van der Waals surface area contributed by atoms with Crippen molar-refractivity contribution in [3.63, 3.8) is 0 Å². The van der Waals surface area contributed by atoms with Crippen molar-refractivity contribution in [3.05, 3.63) is 101 Å². The number of methoxy groups -OCH3 is 1. The minimum Gasteiger partial charge on any atom is -0.465 e. The number of anilines is 1. The molecule has 4 aromatic rings. The molecule has 0 saturated heterocycles. The molecule has 0 aliphatic heterocycles. The Labute approximate surface area is 188 Å². The first-order valence-electron chi connectivity index (χ1n) is 10.8. The SMILES string of the molecule is COC(=O)C1=C(c2ccccc2)CC(c2ccccc2)c2c1[nH]c1ccc(N(C)C)cc21. The number of rotatable bonds is 4. The maximum Gasteiger partial charge on any atom is 0.340 e. The van der Waals surface area contributed by atoms with Crippen LogP contribution in [0.25, 0.3) is 22.0 Å². The second kappa shape index (κ2) is 8.04. The summed E-state index contributed by atoms with van der Waals surface area (Å²) in [6.07, 6.45) is 0.727. The molecule has 1 N–H and O–H groups in total. The predicted molar refractivity (Wildman–Crippen MR) is 131 cm³/mol. The quantitative estimate of drug-likeness (QED) is 0.420. The van der Waals surface area contributed by atoms with Crippen LogP contribution in [0.3, 0.4) is 0 Å². The molecule has 1 aromatic heterocycles. The summed E-state index contributed by atoms with van der Waals surface area (Å²) in [4.78, 5) is 18.8. The van der Waals surface area contributed by atoms with E-state index in [-0.39, 0.29) is 11.9 Å². The molecule has 0 bridgehead atoms. The van der Waals surface area contributed by atoms with Crippen molar-refractivity contribution in [1.82, 2.24) is 4.98 Å². The zero-order chi connectivity index (χ0) is 22.2. The Bertz CT molecular complexity index is 1320. The fourth-order valence-electron chi connectivity index (χ4n) is 4.80. The van der Waals surface area contributed by atoms with E-state index in [1.165, 1.54) is 12.7 Å². The van der Waals surface area contributed by atoms with Crippen LogP contribution >= 0.6 is 0 Å². The minimum absolute atomic E-state index is 0.126. The Hall–Kier alpha value is -3.79. The number of esters is 1. The Balaban J connectivity index is 1.85. The van der Waals surface area contributed by atoms with Gasteiger partial charge in [0.15, 0.2) is 0 Å². The van der Waals surface area contributed by atoms with Gasteiger partial charge < -0.3 is 14.6 Å². The normalized spacial score (nSPS) is 15.5. The number of aromatic amines is 1. The van der Waals surface area contributed by atoms with Crippen LogP contribution in [0.15, 0.2) is 78.9 Å². The highest BCUT2D eigenvalue weighted by atomic mass is 16.5. The average molecular weight is 423 g/mol. The highest BCUT2D eigenvalue weighted by Crippen LogP contribution is 2.49. The number of carbonyl (C=O) groups excluding carboxylic acids is 1. The Morgan fingerprint density at radius 2 is 1.66 bits per heavy atom. The van der Waals surface area contributed by atoms with Gasteiger partial charge in [-0.1, -0.05) is 60.7 Å². The zero-order valence-electron chi connectivity index (χ0n) is 18.6. The van der Waals surface area contributed by atoms with E-state index < -0.39 is 0 Å². The fraction of sp³-hybridized carbons (Fsp3) is 0.179. The molecule has 0 spiro atoms. The molecule has 5 rings (SSSR count). The van der Waals surface area contributed by atoms with E-state index >= 15 is 0 Å². The molecule has 3 aromatic carbocycles.